The number of thioether (sulfide) groups is 1. The second kappa shape index (κ2) is 10.4. The molecule has 0 bridgehead atoms. The third kappa shape index (κ3) is 5.54. The van der Waals surface area contributed by atoms with Crippen molar-refractivity contribution in [3.63, 3.8) is 0 Å². The minimum Gasteiger partial charge on any atom is -0.497 e. The molecular formula is C23H24N6O4S. The fraction of sp³-hybridized carbons (Fsp3) is 0.261. The Kier molecular flexibility index (Phi) is 7.12. The zero-order valence-corrected chi connectivity index (χ0v) is 19.5. The van der Waals surface area contributed by atoms with Crippen molar-refractivity contribution in [2.24, 2.45) is 0 Å². The number of carbonyl (C=O) groups excluding carboxylic acids is 3. The quantitative estimate of drug-likeness (QED) is 0.423. The van der Waals surface area contributed by atoms with E-state index in [1.807, 2.05) is 60.0 Å². The van der Waals surface area contributed by atoms with Gasteiger partial charge in [0, 0.05) is 30.6 Å². The molecule has 1 aliphatic rings. The summed E-state index contributed by atoms with van der Waals surface area (Å²) in [5.74, 6) is 0.811. The number of urea groups is 1. The van der Waals surface area contributed by atoms with Crippen LogP contribution in [0.5, 0.6) is 5.75 Å². The van der Waals surface area contributed by atoms with E-state index in [-0.39, 0.29) is 24.0 Å². The molecule has 176 valence electrons. The molecule has 4 amide bonds. The van der Waals surface area contributed by atoms with Crippen molar-refractivity contribution < 1.29 is 19.1 Å². The Morgan fingerprint density at radius 3 is 2.79 bits per heavy atom. The van der Waals surface area contributed by atoms with Crippen LogP contribution in [0, 0.1) is 6.92 Å². The maximum atomic E-state index is 12.6. The molecule has 3 N–H and O–H groups in total. The van der Waals surface area contributed by atoms with E-state index in [1.54, 1.807) is 7.11 Å². The lowest BCUT2D eigenvalue weighted by molar-refractivity contribution is -0.121. The molecule has 2 heterocycles. The third-order valence-electron chi connectivity index (χ3n) is 5.21. The van der Waals surface area contributed by atoms with Gasteiger partial charge >= 0.3 is 6.03 Å². The van der Waals surface area contributed by atoms with Crippen LogP contribution in [0.2, 0.25) is 0 Å². The van der Waals surface area contributed by atoms with Gasteiger partial charge in [0.05, 0.1) is 18.6 Å². The number of rotatable bonds is 8. The summed E-state index contributed by atoms with van der Waals surface area (Å²) in [5.41, 5.74) is 2.48. The number of amides is 4. The highest BCUT2D eigenvalue weighted by Gasteiger charge is 2.27. The van der Waals surface area contributed by atoms with Crippen LogP contribution in [0.1, 0.15) is 17.8 Å². The molecule has 0 aliphatic carbocycles. The van der Waals surface area contributed by atoms with E-state index in [0.29, 0.717) is 23.2 Å². The number of aryl methyl sites for hydroxylation is 1. The van der Waals surface area contributed by atoms with Gasteiger partial charge in [-0.15, -0.1) is 10.2 Å². The van der Waals surface area contributed by atoms with Crippen LogP contribution in [0.25, 0.3) is 5.69 Å². The van der Waals surface area contributed by atoms with E-state index in [2.05, 4.69) is 26.1 Å². The molecule has 1 unspecified atom stereocenters. The summed E-state index contributed by atoms with van der Waals surface area (Å²) in [6.45, 7) is 1.93. The molecule has 1 saturated heterocycles. The van der Waals surface area contributed by atoms with Crippen molar-refractivity contribution in [1.82, 2.24) is 25.4 Å². The second-order valence-electron chi connectivity index (χ2n) is 7.71. The van der Waals surface area contributed by atoms with Crippen LogP contribution in [-0.2, 0) is 16.0 Å². The number of hydrogen-bond acceptors (Lipinski definition) is 7. The number of nitrogens with one attached hydrogen (secondary N) is 3. The minimum absolute atomic E-state index is 0.124. The highest BCUT2D eigenvalue weighted by atomic mass is 32.2. The molecule has 0 saturated carbocycles. The number of nitrogens with zero attached hydrogens (tertiary/aromatic N) is 3. The number of para-hydroxylation sites is 1. The van der Waals surface area contributed by atoms with Gasteiger partial charge in [0.15, 0.2) is 5.16 Å². The van der Waals surface area contributed by atoms with Crippen LogP contribution in [0.3, 0.4) is 0 Å². The fourth-order valence-corrected chi connectivity index (χ4v) is 4.35. The molecule has 1 atom stereocenters. The molecule has 11 heteroatoms. The number of anilines is 1. The zero-order valence-electron chi connectivity index (χ0n) is 18.7. The van der Waals surface area contributed by atoms with Gasteiger partial charge in [0.2, 0.25) is 11.8 Å². The summed E-state index contributed by atoms with van der Waals surface area (Å²) in [5, 5.41) is 17.0. The van der Waals surface area contributed by atoms with Gasteiger partial charge in [-0.25, -0.2) is 4.79 Å². The van der Waals surface area contributed by atoms with E-state index < -0.39 is 12.1 Å². The first-order chi connectivity index (χ1) is 16.4. The van der Waals surface area contributed by atoms with Crippen molar-refractivity contribution in [3.8, 4) is 11.4 Å². The Morgan fingerprint density at radius 1 is 1.21 bits per heavy atom. The monoisotopic (exact) mass is 480 g/mol. The molecule has 4 rings (SSSR count). The number of carbonyl (C=O) groups is 3. The van der Waals surface area contributed by atoms with Crippen molar-refractivity contribution in [3.05, 3.63) is 59.9 Å². The smallest absolute Gasteiger partial charge is 0.321 e. The Morgan fingerprint density at radius 2 is 2.03 bits per heavy atom. The van der Waals surface area contributed by atoms with Gasteiger partial charge in [-0.2, -0.15) is 0 Å². The first kappa shape index (κ1) is 23.3. The lowest BCUT2D eigenvalue weighted by Gasteiger charge is -2.23. The highest BCUT2D eigenvalue weighted by molar-refractivity contribution is 7.99. The third-order valence-corrected chi connectivity index (χ3v) is 6.14. The molecular weight excluding hydrogens is 456 g/mol. The molecule has 3 aromatic rings. The summed E-state index contributed by atoms with van der Waals surface area (Å²) in [4.78, 5) is 36.1. The van der Waals surface area contributed by atoms with Gasteiger partial charge in [-0.3, -0.25) is 19.5 Å². The van der Waals surface area contributed by atoms with Crippen LogP contribution in [0.4, 0.5) is 10.5 Å². The molecule has 10 nitrogen and oxygen atoms in total. The molecule has 1 aromatic heterocycles. The molecule has 34 heavy (non-hydrogen) atoms. The van der Waals surface area contributed by atoms with Crippen LogP contribution in [0.15, 0.2) is 53.7 Å². The number of ether oxygens (including phenoxy) is 1. The second-order valence-corrected chi connectivity index (χ2v) is 8.66. The van der Waals surface area contributed by atoms with E-state index in [0.717, 1.165) is 16.9 Å². The number of aromatic nitrogens is 3. The van der Waals surface area contributed by atoms with Crippen molar-refractivity contribution >= 4 is 35.3 Å². The molecule has 1 aliphatic heterocycles. The Balaban J connectivity index is 1.56. The van der Waals surface area contributed by atoms with E-state index in [9.17, 15) is 14.4 Å². The summed E-state index contributed by atoms with van der Waals surface area (Å²) in [7, 11) is 1.58. The number of methoxy groups -OCH3 is 1. The molecule has 1 fully saturated rings. The topological polar surface area (TPSA) is 127 Å². The first-order valence-corrected chi connectivity index (χ1v) is 11.6. The minimum atomic E-state index is -0.531. The maximum Gasteiger partial charge on any atom is 0.321 e. The summed E-state index contributed by atoms with van der Waals surface area (Å²) in [6, 6.07) is 14.0. The van der Waals surface area contributed by atoms with E-state index in [1.165, 1.54) is 11.8 Å². The zero-order chi connectivity index (χ0) is 24.1. The normalized spacial score (nSPS) is 15.4. The van der Waals surface area contributed by atoms with Gasteiger partial charge in [-0.1, -0.05) is 36.0 Å². The Hall–Kier alpha value is -3.86. The van der Waals surface area contributed by atoms with Gasteiger partial charge in [0.25, 0.3) is 0 Å². The highest BCUT2D eigenvalue weighted by Crippen LogP contribution is 2.26. The lowest BCUT2D eigenvalue weighted by atomic mass is 10.1. The standard InChI is InChI=1S/C23H24N6O4S/c1-14-6-3-4-9-18(14)25-21(31)13-34-23-28-27-19(10-15-11-20(30)26-22(32)24-15)29(23)16-7-5-8-17(12-16)33-2/h3-9,12,15H,10-11,13H2,1-2H3,(H,25,31)(H2,24,26,30,32). The molecule has 0 spiro atoms. The average molecular weight is 481 g/mol. The number of hydrogen-bond donors (Lipinski definition) is 3. The molecule has 2 aromatic carbocycles. The van der Waals surface area contributed by atoms with Crippen molar-refractivity contribution in [1.29, 1.82) is 0 Å². The van der Waals surface area contributed by atoms with Crippen molar-refractivity contribution in [2.45, 2.75) is 31.0 Å². The lowest BCUT2D eigenvalue weighted by Crippen LogP contribution is -2.53. The van der Waals surface area contributed by atoms with Crippen LogP contribution >= 0.6 is 11.8 Å². The number of imide groups is 1. The fourth-order valence-electron chi connectivity index (χ4n) is 3.58. The Labute approximate surface area is 200 Å². The van der Waals surface area contributed by atoms with Gasteiger partial charge in [-0.05, 0) is 30.7 Å². The summed E-state index contributed by atoms with van der Waals surface area (Å²) in [6.07, 6.45) is 0.428. The maximum absolute atomic E-state index is 12.6. The van der Waals surface area contributed by atoms with Crippen LogP contribution in [-0.4, -0.2) is 51.5 Å². The largest absolute Gasteiger partial charge is 0.497 e. The predicted octanol–water partition coefficient (Wildman–Crippen LogP) is 2.46. The van der Waals surface area contributed by atoms with Gasteiger partial charge in [0.1, 0.15) is 11.6 Å². The predicted molar refractivity (Wildman–Crippen MR) is 127 cm³/mol. The first-order valence-electron chi connectivity index (χ1n) is 10.6. The SMILES string of the molecule is COc1cccc(-n2c(CC3CC(=O)NC(=O)N3)nnc2SCC(=O)Nc2ccccc2C)c1. The Bertz CT molecular complexity index is 1210. The summed E-state index contributed by atoms with van der Waals surface area (Å²) < 4.78 is 7.16. The average Bonchev–Trinajstić information content (AvgIpc) is 3.21. The van der Waals surface area contributed by atoms with Gasteiger partial charge < -0.3 is 15.4 Å². The van der Waals surface area contributed by atoms with E-state index >= 15 is 0 Å². The summed E-state index contributed by atoms with van der Waals surface area (Å²) >= 11 is 1.24. The van der Waals surface area contributed by atoms with Crippen molar-refractivity contribution in [2.75, 3.05) is 18.2 Å². The molecule has 0 radical (unpaired) electrons. The number of benzene rings is 2. The van der Waals surface area contributed by atoms with E-state index in [4.69, 9.17) is 4.74 Å². The van der Waals surface area contributed by atoms with Crippen LogP contribution < -0.4 is 20.7 Å².